The molecule has 1 aromatic rings. The molecule has 0 spiro atoms. The van der Waals surface area contributed by atoms with Gasteiger partial charge in [0.25, 0.3) is 0 Å². The molecule has 1 aromatic carbocycles. The van der Waals surface area contributed by atoms with Crippen molar-refractivity contribution < 1.29 is 14.6 Å². The van der Waals surface area contributed by atoms with E-state index in [4.69, 9.17) is 4.74 Å². The average molecular weight is 262 g/mol. The number of aliphatic carboxylic acids is 1. The molecule has 3 heteroatoms. The van der Waals surface area contributed by atoms with Gasteiger partial charge >= 0.3 is 5.97 Å². The lowest BCUT2D eigenvalue weighted by Crippen LogP contribution is -2.40. The summed E-state index contributed by atoms with van der Waals surface area (Å²) in [6, 6.07) is 7.96. The summed E-state index contributed by atoms with van der Waals surface area (Å²) in [4.78, 5) is 11.8. The van der Waals surface area contributed by atoms with Crippen LogP contribution in [-0.2, 0) is 21.4 Å². The van der Waals surface area contributed by atoms with E-state index in [0.717, 1.165) is 31.2 Å². The van der Waals surface area contributed by atoms with Crippen molar-refractivity contribution in [3.05, 3.63) is 35.4 Å². The molecule has 0 aromatic heterocycles. The minimum atomic E-state index is -0.747. The smallest absolute Gasteiger partial charge is 0.314 e. The van der Waals surface area contributed by atoms with E-state index in [1.807, 2.05) is 18.2 Å². The van der Waals surface area contributed by atoms with Crippen LogP contribution >= 0.6 is 0 Å². The summed E-state index contributed by atoms with van der Waals surface area (Å²) < 4.78 is 5.51. The molecule has 104 valence electrons. The first-order valence-electron chi connectivity index (χ1n) is 7.10. The van der Waals surface area contributed by atoms with Gasteiger partial charge in [0.15, 0.2) is 0 Å². The molecule has 1 atom stereocenters. The van der Waals surface area contributed by atoms with Crippen molar-refractivity contribution in [3.8, 4) is 0 Å². The Morgan fingerprint density at radius 3 is 2.89 bits per heavy atom. The lowest BCUT2D eigenvalue weighted by Gasteiger charge is -2.35. The molecular weight excluding hydrogens is 240 g/mol. The Hall–Kier alpha value is -1.35. The van der Waals surface area contributed by atoms with Crippen LogP contribution in [0.25, 0.3) is 0 Å². The minimum Gasteiger partial charge on any atom is -0.481 e. The molecule has 0 heterocycles. The number of carboxylic acids is 1. The quantitative estimate of drug-likeness (QED) is 0.801. The summed E-state index contributed by atoms with van der Waals surface area (Å²) in [5, 5.41) is 9.74. The third kappa shape index (κ3) is 2.81. The van der Waals surface area contributed by atoms with Crippen LogP contribution in [0.2, 0.25) is 0 Å². The minimum absolute atomic E-state index is 0.522. The number of carboxylic acid groups (broad SMARTS) is 1. The maximum absolute atomic E-state index is 11.8. The predicted octanol–water partition coefficient (Wildman–Crippen LogP) is 3.16. The van der Waals surface area contributed by atoms with E-state index in [0.29, 0.717) is 19.6 Å². The maximum Gasteiger partial charge on any atom is 0.314 e. The molecule has 0 amide bonds. The Morgan fingerprint density at radius 1 is 1.37 bits per heavy atom. The van der Waals surface area contributed by atoms with Crippen LogP contribution < -0.4 is 0 Å². The number of carbonyl (C=O) groups is 1. The molecule has 1 unspecified atom stereocenters. The summed E-state index contributed by atoms with van der Waals surface area (Å²) in [6.45, 7) is 3.29. The zero-order valence-electron chi connectivity index (χ0n) is 11.5. The predicted molar refractivity (Wildman–Crippen MR) is 74.4 cm³/mol. The van der Waals surface area contributed by atoms with E-state index in [9.17, 15) is 9.90 Å². The fraction of sp³-hybridized carbons (Fsp3) is 0.562. The second-order valence-electron chi connectivity index (χ2n) is 5.26. The van der Waals surface area contributed by atoms with Crippen molar-refractivity contribution in [2.45, 2.75) is 44.4 Å². The number of fused-ring (bicyclic) bond motifs is 1. The van der Waals surface area contributed by atoms with E-state index < -0.39 is 11.4 Å². The van der Waals surface area contributed by atoms with Gasteiger partial charge in [-0.25, -0.2) is 0 Å². The number of hydrogen-bond donors (Lipinski definition) is 1. The molecule has 0 saturated carbocycles. The van der Waals surface area contributed by atoms with Crippen LogP contribution in [0.3, 0.4) is 0 Å². The number of rotatable bonds is 6. The molecule has 1 aliphatic carbocycles. The highest BCUT2D eigenvalue weighted by atomic mass is 16.5. The molecule has 19 heavy (non-hydrogen) atoms. The van der Waals surface area contributed by atoms with Gasteiger partial charge in [-0.1, -0.05) is 31.2 Å². The molecule has 2 rings (SSSR count). The molecule has 1 aliphatic rings. The van der Waals surface area contributed by atoms with E-state index in [1.165, 1.54) is 5.56 Å². The van der Waals surface area contributed by atoms with Crippen molar-refractivity contribution >= 4 is 5.97 Å². The standard InChI is InChI=1S/C16H22O3/c1-2-11-19-12-10-16(15(17)18)9-5-7-13-6-3-4-8-14(13)16/h3-4,6,8H,2,5,7,9-12H2,1H3,(H,17,18). The first kappa shape index (κ1) is 14.1. The van der Waals surface area contributed by atoms with Crippen LogP contribution in [0, 0.1) is 0 Å². The summed E-state index contributed by atoms with van der Waals surface area (Å²) in [5.41, 5.74) is 1.43. The van der Waals surface area contributed by atoms with Crippen LogP contribution in [0.4, 0.5) is 0 Å². The lowest BCUT2D eigenvalue weighted by molar-refractivity contribution is -0.145. The van der Waals surface area contributed by atoms with Crippen molar-refractivity contribution in [1.29, 1.82) is 0 Å². The second-order valence-corrected chi connectivity index (χ2v) is 5.26. The normalized spacial score (nSPS) is 21.9. The van der Waals surface area contributed by atoms with Crippen LogP contribution in [0.15, 0.2) is 24.3 Å². The lowest BCUT2D eigenvalue weighted by atomic mass is 9.68. The van der Waals surface area contributed by atoms with Crippen molar-refractivity contribution in [2.24, 2.45) is 0 Å². The van der Waals surface area contributed by atoms with Crippen LogP contribution in [0.1, 0.15) is 43.7 Å². The van der Waals surface area contributed by atoms with Crippen LogP contribution in [-0.4, -0.2) is 24.3 Å². The SMILES string of the molecule is CCCOCCC1(C(=O)O)CCCc2ccccc21. The summed E-state index contributed by atoms with van der Waals surface area (Å²) >= 11 is 0. The molecule has 0 saturated heterocycles. The Morgan fingerprint density at radius 2 is 2.16 bits per heavy atom. The Balaban J connectivity index is 2.23. The number of hydrogen-bond acceptors (Lipinski definition) is 2. The van der Waals surface area contributed by atoms with Gasteiger partial charge in [-0.05, 0) is 43.2 Å². The van der Waals surface area contributed by atoms with E-state index in [-0.39, 0.29) is 0 Å². The first-order valence-corrected chi connectivity index (χ1v) is 7.10. The molecule has 3 nitrogen and oxygen atoms in total. The highest BCUT2D eigenvalue weighted by Gasteiger charge is 2.42. The highest BCUT2D eigenvalue weighted by molar-refractivity contribution is 5.82. The van der Waals surface area contributed by atoms with Crippen LogP contribution in [0.5, 0.6) is 0 Å². The summed E-state index contributed by atoms with van der Waals surface area (Å²) in [5.74, 6) is -0.709. The molecule has 1 N–H and O–H groups in total. The fourth-order valence-corrected chi connectivity index (χ4v) is 3.00. The molecule has 0 radical (unpaired) electrons. The third-order valence-electron chi connectivity index (χ3n) is 4.01. The third-order valence-corrected chi connectivity index (χ3v) is 4.01. The van der Waals surface area contributed by atoms with Gasteiger partial charge < -0.3 is 9.84 Å². The van der Waals surface area contributed by atoms with Gasteiger partial charge in [-0.2, -0.15) is 0 Å². The fourth-order valence-electron chi connectivity index (χ4n) is 3.00. The highest BCUT2D eigenvalue weighted by Crippen LogP contribution is 2.40. The first-order chi connectivity index (χ1) is 9.20. The van der Waals surface area contributed by atoms with Crippen molar-refractivity contribution in [2.75, 3.05) is 13.2 Å². The zero-order chi connectivity index (χ0) is 13.7. The van der Waals surface area contributed by atoms with Gasteiger partial charge in [0, 0.05) is 13.2 Å². The number of benzene rings is 1. The molecule has 0 aliphatic heterocycles. The topological polar surface area (TPSA) is 46.5 Å². The Bertz CT molecular complexity index is 441. The van der Waals surface area contributed by atoms with E-state index in [1.54, 1.807) is 0 Å². The van der Waals surface area contributed by atoms with E-state index in [2.05, 4.69) is 13.0 Å². The van der Waals surface area contributed by atoms with Gasteiger partial charge in [-0.3, -0.25) is 4.79 Å². The number of ether oxygens (including phenoxy) is 1. The molecule has 0 fully saturated rings. The van der Waals surface area contributed by atoms with Crippen molar-refractivity contribution in [1.82, 2.24) is 0 Å². The maximum atomic E-state index is 11.8. The number of aryl methyl sites for hydroxylation is 1. The Kier molecular flexibility index (Phi) is 4.59. The average Bonchev–Trinajstić information content (AvgIpc) is 2.43. The van der Waals surface area contributed by atoms with Gasteiger partial charge in [0.05, 0.1) is 5.41 Å². The largest absolute Gasteiger partial charge is 0.481 e. The zero-order valence-corrected chi connectivity index (χ0v) is 11.5. The van der Waals surface area contributed by atoms with Gasteiger partial charge in [0.1, 0.15) is 0 Å². The summed E-state index contributed by atoms with van der Waals surface area (Å²) in [7, 11) is 0. The monoisotopic (exact) mass is 262 g/mol. The van der Waals surface area contributed by atoms with E-state index >= 15 is 0 Å². The molecule has 0 bridgehead atoms. The van der Waals surface area contributed by atoms with Crippen molar-refractivity contribution in [3.63, 3.8) is 0 Å². The molecular formula is C16H22O3. The Labute approximate surface area is 114 Å². The second kappa shape index (κ2) is 6.20. The van der Waals surface area contributed by atoms with Gasteiger partial charge in [-0.15, -0.1) is 0 Å². The summed E-state index contributed by atoms with van der Waals surface area (Å²) in [6.07, 6.45) is 4.18. The van der Waals surface area contributed by atoms with Gasteiger partial charge in [0.2, 0.25) is 0 Å².